The molecule has 2 aromatic carbocycles. The summed E-state index contributed by atoms with van der Waals surface area (Å²) in [7, 11) is 0. The molecule has 1 aliphatic carbocycles. The number of carbonyl (C=O) groups excluding carboxylic acids is 1. The minimum atomic E-state index is -0.425. The second-order valence-electron chi connectivity index (χ2n) is 6.37. The Morgan fingerprint density at radius 1 is 0.960 bits per heavy atom. The number of thioether (sulfide) groups is 1. The number of carbonyl (C=O) groups is 1. The summed E-state index contributed by atoms with van der Waals surface area (Å²) in [5.74, 6) is -0.425. The maximum atomic E-state index is 11.3. The highest BCUT2D eigenvalue weighted by Crippen LogP contribution is 2.38. The molecule has 0 unspecified atom stereocenters. The summed E-state index contributed by atoms with van der Waals surface area (Å²) in [4.78, 5) is 11.3. The lowest BCUT2D eigenvalue weighted by Gasteiger charge is -2.12. The smallest absolute Gasteiger partial charge is 0.248 e. The predicted octanol–water partition coefficient (Wildman–Crippen LogP) is 4.43. The number of aromatic nitrogens is 2. The lowest BCUT2D eigenvalue weighted by atomic mass is 10.0. The molecule has 0 radical (unpaired) electrons. The van der Waals surface area contributed by atoms with Gasteiger partial charge in [0.05, 0.1) is 0 Å². The number of fused-ring (bicyclic) bond motifs is 1. The standard InChI is InChI=1S/C20H19N3OS/c21-19(24)14-11-9-13(10-12-14)18-16-7-3-4-8-17(16)20(23-22-18)25-15-5-1-2-6-15/h3-4,7-12,15H,1-2,5-6H2,(H2,21,24). The van der Waals surface area contributed by atoms with Gasteiger partial charge in [-0.3, -0.25) is 4.79 Å². The van der Waals surface area contributed by atoms with Crippen molar-refractivity contribution in [2.75, 3.05) is 0 Å². The van der Waals surface area contributed by atoms with E-state index in [-0.39, 0.29) is 0 Å². The molecule has 1 saturated carbocycles. The maximum Gasteiger partial charge on any atom is 0.248 e. The number of amides is 1. The van der Waals surface area contributed by atoms with Crippen LogP contribution in [-0.2, 0) is 0 Å². The first-order valence-electron chi connectivity index (χ1n) is 8.55. The van der Waals surface area contributed by atoms with Gasteiger partial charge in [0.15, 0.2) is 0 Å². The van der Waals surface area contributed by atoms with Gasteiger partial charge in [-0.25, -0.2) is 0 Å². The van der Waals surface area contributed by atoms with Crippen LogP contribution >= 0.6 is 11.8 Å². The van der Waals surface area contributed by atoms with E-state index >= 15 is 0 Å². The van der Waals surface area contributed by atoms with E-state index in [0.29, 0.717) is 10.8 Å². The first-order chi connectivity index (χ1) is 12.2. The van der Waals surface area contributed by atoms with Gasteiger partial charge in [-0.2, -0.15) is 0 Å². The van der Waals surface area contributed by atoms with Crippen molar-refractivity contribution in [2.24, 2.45) is 5.73 Å². The normalized spacial score (nSPS) is 14.9. The fourth-order valence-corrected chi connectivity index (χ4v) is 4.61. The number of nitrogens with zero attached hydrogens (tertiary/aromatic N) is 2. The SMILES string of the molecule is NC(=O)c1ccc(-c2nnc(SC3CCCC3)c3ccccc23)cc1. The van der Waals surface area contributed by atoms with Gasteiger partial charge in [-0.15, -0.1) is 22.0 Å². The molecule has 1 aliphatic rings. The van der Waals surface area contributed by atoms with Crippen LogP contribution in [0.5, 0.6) is 0 Å². The quantitative estimate of drug-likeness (QED) is 0.756. The third-order valence-corrected chi connectivity index (χ3v) is 6.01. The second-order valence-corrected chi connectivity index (χ2v) is 7.65. The van der Waals surface area contributed by atoms with Gasteiger partial charge < -0.3 is 5.73 Å². The van der Waals surface area contributed by atoms with Crippen LogP contribution in [0.3, 0.4) is 0 Å². The Morgan fingerprint density at radius 3 is 2.32 bits per heavy atom. The molecular formula is C20H19N3OS. The van der Waals surface area contributed by atoms with Crippen molar-refractivity contribution in [1.29, 1.82) is 0 Å². The molecule has 1 aromatic heterocycles. The number of rotatable bonds is 4. The van der Waals surface area contributed by atoms with Crippen molar-refractivity contribution in [3.8, 4) is 11.3 Å². The summed E-state index contributed by atoms with van der Waals surface area (Å²) in [6.45, 7) is 0. The molecule has 3 aromatic rings. The number of hydrogen-bond acceptors (Lipinski definition) is 4. The lowest BCUT2D eigenvalue weighted by molar-refractivity contribution is 0.100. The third-order valence-electron chi connectivity index (χ3n) is 4.68. The highest BCUT2D eigenvalue weighted by Gasteiger charge is 2.19. The number of primary amides is 1. The monoisotopic (exact) mass is 349 g/mol. The molecule has 0 spiro atoms. The Bertz CT molecular complexity index is 918. The molecule has 0 aliphatic heterocycles. The van der Waals surface area contributed by atoms with Crippen molar-refractivity contribution in [1.82, 2.24) is 10.2 Å². The van der Waals surface area contributed by atoms with E-state index in [1.807, 2.05) is 36.0 Å². The Labute approximate surface area is 150 Å². The summed E-state index contributed by atoms with van der Waals surface area (Å²) < 4.78 is 0. The summed E-state index contributed by atoms with van der Waals surface area (Å²) in [6, 6.07) is 15.5. The Balaban J connectivity index is 1.76. The third kappa shape index (κ3) is 3.24. The minimum Gasteiger partial charge on any atom is -0.366 e. The van der Waals surface area contributed by atoms with Gasteiger partial charge in [0.25, 0.3) is 0 Å². The van der Waals surface area contributed by atoms with E-state index in [0.717, 1.165) is 27.1 Å². The van der Waals surface area contributed by atoms with Gasteiger partial charge in [0.2, 0.25) is 5.91 Å². The van der Waals surface area contributed by atoms with Crippen LogP contribution in [0.15, 0.2) is 53.6 Å². The molecule has 1 amide bonds. The van der Waals surface area contributed by atoms with Crippen molar-refractivity contribution in [3.05, 3.63) is 54.1 Å². The summed E-state index contributed by atoms with van der Waals surface area (Å²) in [5.41, 5.74) is 7.59. The zero-order chi connectivity index (χ0) is 17.2. The number of nitrogens with two attached hydrogens (primary N) is 1. The zero-order valence-electron chi connectivity index (χ0n) is 13.8. The molecule has 1 heterocycles. The average molecular weight is 349 g/mol. The second kappa shape index (κ2) is 6.84. The zero-order valence-corrected chi connectivity index (χ0v) is 14.6. The Kier molecular flexibility index (Phi) is 4.40. The molecule has 0 saturated heterocycles. The average Bonchev–Trinajstić information content (AvgIpc) is 3.15. The molecule has 5 heteroatoms. The predicted molar refractivity (Wildman–Crippen MR) is 102 cm³/mol. The molecule has 126 valence electrons. The molecule has 2 N–H and O–H groups in total. The van der Waals surface area contributed by atoms with E-state index in [9.17, 15) is 4.79 Å². The highest BCUT2D eigenvalue weighted by atomic mass is 32.2. The minimum absolute atomic E-state index is 0.425. The summed E-state index contributed by atoms with van der Waals surface area (Å²) >= 11 is 1.86. The van der Waals surface area contributed by atoms with E-state index in [1.165, 1.54) is 25.7 Å². The first kappa shape index (κ1) is 16.1. The Morgan fingerprint density at radius 2 is 1.64 bits per heavy atom. The molecular weight excluding hydrogens is 330 g/mol. The maximum absolute atomic E-state index is 11.3. The van der Waals surface area contributed by atoms with Crippen LogP contribution in [0, 0.1) is 0 Å². The van der Waals surface area contributed by atoms with Crippen LogP contribution in [0.2, 0.25) is 0 Å². The van der Waals surface area contributed by atoms with Crippen molar-refractivity contribution in [3.63, 3.8) is 0 Å². The molecule has 4 nitrogen and oxygen atoms in total. The van der Waals surface area contributed by atoms with Crippen LogP contribution < -0.4 is 5.73 Å². The summed E-state index contributed by atoms with van der Waals surface area (Å²) in [5, 5.41) is 12.9. The number of benzene rings is 2. The van der Waals surface area contributed by atoms with Gasteiger partial charge in [0.1, 0.15) is 10.7 Å². The van der Waals surface area contributed by atoms with Crippen LogP contribution in [0.1, 0.15) is 36.0 Å². The van der Waals surface area contributed by atoms with Gasteiger partial charge in [-0.05, 0) is 25.0 Å². The molecule has 4 rings (SSSR count). The lowest BCUT2D eigenvalue weighted by Crippen LogP contribution is -2.10. The van der Waals surface area contributed by atoms with Crippen LogP contribution in [0.25, 0.3) is 22.0 Å². The van der Waals surface area contributed by atoms with Crippen molar-refractivity contribution >= 4 is 28.4 Å². The largest absolute Gasteiger partial charge is 0.366 e. The molecule has 0 bridgehead atoms. The molecule has 25 heavy (non-hydrogen) atoms. The van der Waals surface area contributed by atoms with Crippen LogP contribution in [0.4, 0.5) is 0 Å². The molecule has 1 fully saturated rings. The van der Waals surface area contributed by atoms with Crippen LogP contribution in [-0.4, -0.2) is 21.4 Å². The van der Waals surface area contributed by atoms with E-state index in [2.05, 4.69) is 22.3 Å². The highest BCUT2D eigenvalue weighted by molar-refractivity contribution is 8.00. The summed E-state index contributed by atoms with van der Waals surface area (Å²) in [6.07, 6.45) is 5.15. The fourth-order valence-electron chi connectivity index (χ4n) is 3.34. The topological polar surface area (TPSA) is 68.9 Å². The van der Waals surface area contributed by atoms with Crippen molar-refractivity contribution in [2.45, 2.75) is 36.0 Å². The first-order valence-corrected chi connectivity index (χ1v) is 9.42. The Hall–Kier alpha value is -2.40. The van der Waals surface area contributed by atoms with E-state index in [1.54, 1.807) is 12.1 Å². The van der Waals surface area contributed by atoms with Gasteiger partial charge in [0, 0.05) is 27.1 Å². The molecule has 0 atom stereocenters. The fraction of sp³-hybridized carbons (Fsp3) is 0.250. The van der Waals surface area contributed by atoms with Gasteiger partial charge >= 0.3 is 0 Å². The number of hydrogen-bond donors (Lipinski definition) is 1. The van der Waals surface area contributed by atoms with Gasteiger partial charge in [-0.1, -0.05) is 49.2 Å². The van der Waals surface area contributed by atoms with E-state index < -0.39 is 5.91 Å². The van der Waals surface area contributed by atoms with E-state index in [4.69, 9.17) is 5.73 Å². The van der Waals surface area contributed by atoms with Crippen molar-refractivity contribution < 1.29 is 4.79 Å².